The first-order chi connectivity index (χ1) is 16.0. The lowest BCUT2D eigenvalue weighted by molar-refractivity contribution is -0.136. The summed E-state index contributed by atoms with van der Waals surface area (Å²) < 4.78 is 61.5. The zero-order valence-electron chi connectivity index (χ0n) is 17.8. The molecule has 1 N–H and O–H groups in total. The summed E-state index contributed by atoms with van der Waals surface area (Å²) >= 11 is 5.91. The average Bonchev–Trinajstić information content (AvgIpc) is 3.30. The first kappa shape index (κ1) is 23.5. The van der Waals surface area contributed by atoms with E-state index in [9.17, 15) is 22.4 Å². The Balaban J connectivity index is 1.45. The van der Waals surface area contributed by atoms with Crippen LogP contribution in [0.15, 0.2) is 36.7 Å². The quantitative estimate of drug-likeness (QED) is 0.390. The number of rotatable bonds is 6. The second-order valence-electron chi connectivity index (χ2n) is 7.42. The molecule has 0 saturated heterocycles. The van der Waals surface area contributed by atoms with Gasteiger partial charge in [-0.2, -0.15) is 23.4 Å². The van der Waals surface area contributed by atoms with Crippen LogP contribution in [0.5, 0.6) is 5.75 Å². The van der Waals surface area contributed by atoms with E-state index in [1.165, 1.54) is 43.1 Å². The van der Waals surface area contributed by atoms with Gasteiger partial charge in [-0.1, -0.05) is 11.6 Å². The molecule has 0 aliphatic rings. The number of ether oxygens (including phenoxy) is 1. The maximum atomic E-state index is 13.5. The zero-order valence-corrected chi connectivity index (χ0v) is 18.6. The molecule has 8 nitrogen and oxygen atoms in total. The predicted octanol–water partition coefficient (Wildman–Crippen LogP) is 4.73. The molecule has 4 aromatic rings. The number of hydrogen-bond acceptors (Lipinski definition) is 5. The van der Waals surface area contributed by atoms with E-state index >= 15 is 0 Å². The van der Waals surface area contributed by atoms with Gasteiger partial charge in [0.2, 0.25) is 5.91 Å². The zero-order chi connectivity index (χ0) is 24.6. The van der Waals surface area contributed by atoms with Crippen LogP contribution in [-0.4, -0.2) is 30.5 Å². The summed E-state index contributed by atoms with van der Waals surface area (Å²) in [6.45, 7) is 2.45. The van der Waals surface area contributed by atoms with Crippen LogP contribution in [0.2, 0.25) is 5.02 Å². The van der Waals surface area contributed by atoms with Gasteiger partial charge in [0.1, 0.15) is 18.1 Å². The van der Waals surface area contributed by atoms with E-state index in [1.54, 1.807) is 0 Å². The van der Waals surface area contributed by atoms with Crippen molar-refractivity contribution in [2.24, 2.45) is 0 Å². The summed E-state index contributed by atoms with van der Waals surface area (Å²) in [7, 11) is 0. The van der Waals surface area contributed by atoms with Crippen molar-refractivity contribution in [1.29, 1.82) is 0 Å². The molecule has 0 spiro atoms. The van der Waals surface area contributed by atoms with Gasteiger partial charge in [-0.05, 0) is 38.1 Å². The summed E-state index contributed by atoms with van der Waals surface area (Å²) in [5.41, 5.74) is -0.273. The minimum Gasteiger partial charge on any atom is -0.470 e. The van der Waals surface area contributed by atoms with Gasteiger partial charge >= 0.3 is 6.18 Å². The molecule has 13 heteroatoms. The molecule has 0 atom stereocenters. The minimum absolute atomic E-state index is 0.0275. The maximum absolute atomic E-state index is 13.5. The Morgan fingerprint density at radius 3 is 2.71 bits per heavy atom. The van der Waals surface area contributed by atoms with Gasteiger partial charge < -0.3 is 10.1 Å². The van der Waals surface area contributed by atoms with Crippen LogP contribution in [0.4, 0.5) is 23.2 Å². The first-order valence-corrected chi connectivity index (χ1v) is 10.2. The fraction of sp³-hybridized carbons (Fsp3) is 0.238. The average molecular weight is 497 g/mol. The predicted molar refractivity (Wildman–Crippen MR) is 115 cm³/mol. The van der Waals surface area contributed by atoms with Crippen LogP contribution in [0.25, 0.3) is 11.0 Å². The largest absolute Gasteiger partial charge is 0.470 e. The minimum atomic E-state index is -4.58. The molecule has 3 aromatic heterocycles. The molecule has 0 aliphatic carbocycles. The van der Waals surface area contributed by atoms with Gasteiger partial charge in [-0.15, -0.1) is 0 Å². The molecule has 1 aromatic carbocycles. The number of fused-ring (bicyclic) bond motifs is 1. The molecule has 0 saturated carbocycles. The van der Waals surface area contributed by atoms with E-state index < -0.39 is 23.5 Å². The normalized spacial score (nSPS) is 11.7. The second-order valence-corrected chi connectivity index (χ2v) is 7.82. The van der Waals surface area contributed by atoms with E-state index in [2.05, 4.69) is 20.5 Å². The number of benzene rings is 1. The molecule has 4 rings (SSSR count). The van der Waals surface area contributed by atoms with Gasteiger partial charge in [-0.25, -0.2) is 18.7 Å². The molecule has 178 valence electrons. The molecule has 0 aliphatic heterocycles. The Morgan fingerprint density at radius 1 is 1.24 bits per heavy atom. The summed E-state index contributed by atoms with van der Waals surface area (Å²) in [6.07, 6.45) is -1.74. The highest BCUT2D eigenvalue weighted by Crippen LogP contribution is 2.36. The Hall–Kier alpha value is -3.67. The Bertz CT molecular complexity index is 1380. The van der Waals surface area contributed by atoms with Crippen LogP contribution in [0.3, 0.4) is 0 Å². The van der Waals surface area contributed by atoms with Crippen molar-refractivity contribution in [3.63, 3.8) is 0 Å². The number of pyridine rings is 1. The molecule has 34 heavy (non-hydrogen) atoms. The highest BCUT2D eigenvalue weighted by molar-refractivity contribution is 6.32. The lowest BCUT2D eigenvalue weighted by Gasteiger charge is -2.10. The Kier molecular flexibility index (Phi) is 6.17. The van der Waals surface area contributed by atoms with Crippen LogP contribution in [-0.2, 0) is 24.2 Å². The number of nitrogens with one attached hydrogen (secondary N) is 1. The molecule has 3 heterocycles. The smallest absolute Gasteiger partial charge is 0.417 e. The van der Waals surface area contributed by atoms with E-state index in [-0.39, 0.29) is 46.5 Å². The molecule has 0 unspecified atom stereocenters. The fourth-order valence-corrected chi connectivity index (χ4v) is 3.60. The Labute approximate surface area is 195 Å². The highest BCUT2D eigenvalue weighted by Gasteiger charge is 2.35. The lowest BCUT2D eigenvalue weighted by Crippen LogP contribution is -2.19. The van der Waals surface area contributed by atoms with Crippen molar-refractivity contribution < 1.29 is 27.1 Å². The van der Waals surface area contributed by atoms with Crippen LogP contribution in [0.1, 0.15) is 17.0 Å². The SMILES string of the molecule is Cc1cc(C(F)(F)F)c2c(C)nn(CC(=O)Nc3cnn(COc4ccc(F)cc4Cl)c3)c2n1. The van der Waals surface area contributed by atoms with Crippen molar-refractivity contribution in [3.8, 4) is 5.75 Å². The van der Waals surface area contributed by atoms with Crippen LogP contribution < -0.4 is 10.1 Å². The number of alkyl halides is 3. The highest BCUT2D eigenvalue weighted by atomic mass is 35.5. The van der Waals surface area contributed by atoms with Gasteiger partial charge in [0.15, 0.2) is 12.4 Å². The number of halogens is 5. The van der Waals surface area contributed by atoms with Gasteiger partial charge in [0.25, 0.3) is 0 Å². The summed E-state index contributed by atoms with van der Waals surface area (Å²) in [6, 6.07) is 4.64. The van der Waals surface area contributed by atoms with E-state index in [1.807, 2.05) is 0 Å². The second kappa shape index (κ2) is 8.93. The van der Waals surface area contributed by atoms with E-state index in [0.717, 1.165) is 16.8 Å². The van der Waals surface area contributed by atoms with Crippen molar-refractivity contribution in [1.82, 2.24) is 24.5 Å². The maximum Gasteiger partial charge on any atom is 0.417 e. The number of aryl methyl sites for hydroxylation is 2. The van der Waals surface area contributed by atoms with Gasteiger partial charge in [-0.3, -0.25) is 4.79 Å². The van der Waals surface area contributed by atoms with Crippen molar-refractivity contribution in [2.45, 2.75) is 33.3 Å². The molecular weight excluding hydrogens is 480 g/mol. The third-order valence-corrected chi connectivity index (χ3v) is 5.06. The van der Waals surface area contributed by atoms with E-state index in [4.69, 9.17) is 16.3 Å². The third-order valence-electron chi connectivity index (χ3n) is 4.77. The number of carbonyl (C=O) groups is 1. The molecule has 1 amide bonds. The van der Waals surface area contributed by atoms with Crippen LogP contribution >= 0.6 is 11.6 Å². The monoisotopic (exact) mass is 496 g/mol. The Morgan fingerprint density at radius 2 is 2.00 bits per heavy atom. The number of aromatic nitrogens is 5. The standard InChI is InChI=1S/C21H17ClF4N6O2/c1-11-5-15(21(24,25)26)19-12(2)30-32(20(19)28-11)9-18(33)29-14-7-27-31(8-14)10-34-17-4-3-13(23)6-16(17)22/h3-8H,9-10H2,1-2H3,(H,29,33). The first-order valence-electron chi connectivity index (χ1n) is 9.83. The number of carbonyl (C=O) groups excluding carboxylic acids is 1. The van der Waals surface area contributed by atoms with Crippen molar-refractivity contribution >= 4 is 34.2 Å². The number of amides is 1. The molecule has 0 fully saturated rings. The van der Waals surface area contributed by atoms with Crippen molar-refractivity contribution in [2.75, 3.05) is 5.32 Å². The summed E-state index contributed by atoms with van der Waals surface area (Å²) in [5, 5.41) is 10.7. The fourth-order valence-electron chi connectivity index (χ4n) is 3.38. The van der Waals surface area contributed by atoms with Gasteiger partial charge in [0, 0.05) is 5.69 Å². The van der Waals surface area contributed by atoms with Crippen molar-refractivity contribution in [3.05, 3.63) is 64.5 Å². The summed E-state index contributed by atoms with van der Waals surface area (Å²) in [4.78, 5) is 16.7. The third kappa shape index (κ3) is 4.96. The molecular formula is C21H17ClF4N6O2. The molecule has 0 radical (unpaired) electrons. The summed E-state index contributed by atoms with van der Waals surface area (Å²) in [5.74, 6) is -0.781. The molecule has 0 bridgehead atoms. The van der Waals surface area contributed by atoms with E-state index in [0.29, 0.717) is 5.69 Å². The van der Waals surface area contributed by atoms with Crippen LogP contribution in [0, 0.1) is 19.7 Å². The lowest BCUT2D eigenvalue weighted by atomic mass is 10.1. The topological polar surface area (TPSA) is 86.9 Å². The number of anilines is 1. The number of hydrogen-bond donors (Lipinski definition) is 1. The number of nitrogens with zero attached hydrogens (tertiary/aromatic N) is 5. The van der Waals surface area contributed by atoms with Gasteiger partial charge in [0.05, 0.1) is 39.7 Å².